The molecule has 0 radical (unpaired) electrons. The SMILES string of the molecule is C=C(C)C(CCCN)c1ccccc1. The topological polar surface area (TPSA) is 26.0 Å². The molecule has 0 aliphatic heterocycles. The Hall–Kier alpha value is -1.08. The molecule has 0 saturated carbocycles. The van der Waals surface area contributed by atoms with E-state index >= 15 is 0 Å². The molecule has 0 fully saturated rings. The van der Waals surface area contributed by atoms with Crippen molar-refractivity contribution in [3.8, 4) is 0 Å². The van der Waals surface area contributed by atoms with Crippen LogP contribution in [0.1, 0.15) is 31.2 Å². The second kappa shape index (κ2) is 5.61. The van der Waals surface area contributed by atoms with Gasteiger partial charge in [-0.1, -0.05) is 42.5 Å². The van der Waals surface area contributed by atoms with Crippen LogP contribution in [0.3, 0.4) is 0 Å². The van der Waals surface area contributed by atoms with E-state index in [9.17, 15) is 0 Å². The van der Waals surface area contributed by atoms with Crippen LogP contribution in [0.25, 0.3) is 0 Å². The summed E-state index contributed by atoms with van der Waals surface area (Å²) in [6.07, 6.45) is 2.17. The molecule has 14 heavy (non-hydrogen) atoms. The Morgan fingerprint density at radius 1 is 1.36 bits per heavy atom. The van der Waals surface area contributed by atoms with Crippen molar-refractivity contribution in [2.45, 2.75) is 25.7 Å². The lowest BCUT2D eigenvalue weighted by Crippen LogP contribution is -2.05. The number of benzene rings is 1. The monoisotopic (exact) mass is 189 g/mol. The molecule has 76 valence electrons. The van der Waals surface area contributed by atoms with E-state index in [0.29, 0.717) is 5.92 Å². The van der Waals surface area contributed by atoms with Gasteiger partial charge < -0.3 is 5.73 Å². The highest BCUT2D eigenvalue weighted by molar-refractivity contribution is 5.26. The van der Waals surface area contributed by atoms with Gasteiger partial charge in [0.05, 0.1) is 0 Å². The number of nitrogens with two attached hydrogens (primary N) is 1. The summed E-state index contributed by atoms with van der Waals surface area (Å²) >= 11 is 0. The third-order valence-corrected chi connectivity index (χ3v) is 2.49. The fourth-order valence-electron chi connectivity index (χ4n) is 1.70. The van der Waals surface area contributed by atoms with Crippen molar-refractivity contribution in [3.05, 3.63) is 48.0 Å². The minimum absolute atomic E-state index is 0.472. The lowest BCUT2D eigenvalue weighted by molar-refractivity contribution is 0.661. The van der Waals surface area contributed by atoms with Crippen LogP contribution in [0.2, 0.25) is 0 Å². The molecule has 1 unspecified atom stereocenters. The summed E-state index contributed by atoms with van der Waals surface area (Å²) in [5.41, 5.74) is 8.11. The van der Waals surface area contributed by atoms with E-state index in [1.807, 2.05) is 6.07 Å². The molecule has 0 aliphatic carbocycles. The van der Waals surface area contributed by atoms with Gasteiger partial charge in [-0.05, 0) is 31.9 Å². The molecular formula is C13H19N. The van der Waals surface area contributed by atoms with E-state index < -0.39 is 0 Å². The summed E-state index contributed by atoms with van der Waals surface area (Å²) in [6.45, 7) is 6.90. The van der Waals surface area contributed by atoms with Gasteiger partial charge in [0, 0.05) is 5.92 Å². The van der Waals surface area contributed by atoms with E-state index in [0.717, 1.165) is 19.4 Å². The second-order valence-corrected chi connectivity index (χ2v) is 3.74. The summed E-state index contributed by atoms with van der Waals surface area (Å²) in [4.78, 5) is 0. The minimum Gasteiger partial charge on any atom is -0.330 e. The lowest BCUT2D eigenvalue weighted by Gasteiger charge is -2.16. The van der Waals surface area contributed by atoms with Crippen molar-refractivity contribution < 1.29 is 0 Å². The Bertz CT molecular complexity index is 277. The van der Waals surface area contributed by atoms with Crippen molar-refractivity contribution in [1.82, 2.24) is 0 Å². The van der Waals surface area contributed by atoms with Crippen LogP contribution in [0.5, 0.6) is 0 Å². The molecule has 0 spiro atoms. The fraction of sp³-hybridized carbons (Fsp3) is 0.385. The first kappa shape index (κ1) is 11.0. The van der Waals surface area contributed by atoms with Gasteiger partial charge in [0.1, 0.15) is 0 Å². The molecule has 1 rings (SSSR count). The smallest absolute Gasteiger partial charge is 0.00431 e. The minimum atomic E-state index is 0.472. The summed E-state index contributed by atoms with van der Waals surface area (Å²) in [6, 6.07) is 10.5. The highest BCUT2D eigenvalue weighted by atomic mass is 14.5. The van der Waals surface area contributed by atoms with Gasteiger partial charge in [-0.2, -0.15) is 0 Å². The average molecular weight is 189 g/mol. The van der Waals surface area contributed by atoms with Gasteiger partial charge in [0.15, 0.2) is 0 Å². The van der Waals surface area contributed by atoms with Crippen LogP contribution >= 0.6 is 0 Å². The zero-order chi connectivity index (χ0) is 10.4. The molecule has 0 heterocycles. The van der Waals surface area contributed by atoms with Crippen molar-refractivity contribution in [2.75, 3.05) is 6.54 Å². The Morgan fingerprint density at radius 3 is 2.50 bits per heavy atom. The zero-order valence-corrected chi connectivity index (χ0v) is 8.87. The van der Waals surface area contributed by atoms with Gasteiger partial charge in [-0.3, -0.25) is 0 Å². The van der Waals surface area contributed by atoms with Crippen molar-refractivity contribution in [3.63, 3.8) is 0 Å². The van der Waals surface area contributed by atoms with Gasteiger partial charge in [-0.15, -0.1) is 0 Å². The first-order valence-corrected chi connectivity index (χ1v) is 5.16. The maximum atomic E-state index is 5.53. The van der Waals surface area contributed by atoms with Crippen LogP contribution in [0.15, 0.2) is 42.5 Å². The first-order chi connectivity index (χ1) is 6.75. The molecule has 0 aromatic heterocycles. The lowest BCUT2D eigenvalue weighted by atomic mass is 9.89. The largest absolute Gasteiger partial charge is 0.330 e. The van der Waals surface area contributed by atoms with Gasteiger partial charge in [0.2, 0.25) is 0 Å². The fourth-order valence-corrected chi connectivity index (χ4v) is 1.70. The van der Waals surface area contributed by atoms with Crippen molar-refractivity contribution in [1.29, 1.82) is 0 Å². The van der Waals surface area contributed by atoms with Crippen LogP contribution < -0.4 is 5.73 Å². The van der Waals surface area contributed by atoms with E-state index in [4.69, 9.17) is 5.73 Å². The first-order valence-electron chi connectivity index (χ1n) is 5.16. The molecule has 0 saturated heterocycles. The molecule has 0 bridgehead atoms. The van der Waals surface area contributed by atoms with Crippen LogP contribution in [-0.2, 0) is 0 Å². The van der Waals surface area contributed by atoms with E-state index in [-0.39, 0.29) is 0 Å². The predicted molar refractivity (Wildman–Crippen MR) is 62.3 cm³/mol. The summed E-state index contributed by atoms with van der Waals surface area (Å²) < 4.78 is 0. The Labute approximate surface area is 86.6 Å². The molecule has 0 amide bonds. The van der Waals surface area contributed by atoms with Crippen molar-refractivity contribution in [2.24, 2.45) is 5.73 Å². The van der Waals surface area contributed by atoms with E-state index in [1.165, 1.54) is 11.1 Å². The maximum Gasteiger partial charge on any atom is 0.00431 e. The van der Waals surface area contributed by atoms with Gasteiger partial charge in [-0.25, -0.2) is 0 Å². The third-order valence-electron chi connectivity index (χ3n) is 2.49. The molecule has 1 nitrogen and oxygen atoms in total. The number of allylic oxidation sites excluding steroid dienone is 1. The quantitative estimate of drug-likeness (QED) is 0.708. The number of rotatable bonds is 5. The molecule has 1 aromatic rings. The van der Waals surface area contributed by atoms with Crippen LogP contribution in [0, 0.1) is 0 Å². The zero-order valence-electron chi connectivity index (χ0n) is 8.87. The predicted octanol–water partition coefficient (Wildman–Crippen LogP) is 3.09. The van der Waals surface area contributed by atoms with Crippen LogP contribution in [0.4, 0.5) is 0 Å². The van der Waals surface area contributed by atoms with Crippen LogP contribution in [-0.4, -0.2) is 6.54 Å². The normalized spacial score (nSPS) is 12.4. The van der Waals surface area contributed by atoms with E-state index in [2.05, 4.69) is 37.8 Å². The summed E-state index contributed by atoms with van der Waals surface area (Å²) in [5.74, 6) is 0.472. The molecule has 2 N–H and O–H groups in total. The molecule has 1 aromatic carbocycles. The maximum absolute atomic E-state index is 5.53. The standard InChI is InChI=1S/C13H19N/c1-11(2)13(9-6-10-14)12-7-4-3-5-8-12/h3-5,7-8,13H,1,6,9-10,14H2,2H3. The molecule has 0 aliphatic rings. The van der Waals surface area contributed by atoms with Crippen molar-refractivity contribution >= 4 is 0 Å². The van der Waals surface area contributed by atoms with Gasteiger partial charge >= 0.3 is 0 Å². The average Bonchev–Trinajstić information content (AvgIpc) is 2.19. The summed E-state index contributed by atoms with van der Waals surface area (Å²) in [7, 11) is 0. The third kappa shape index (κ3) is 3.00. The highest BCUT2D eigenvalue weighted by Gasteiger charge is 2.10. The Kier molecular flexibility index (Phi) is 4.41. The molecule has 1 heteroatoms. The molecule has 1 atom stereocenters. The van der Waals surface area contributed by atoms with E-state index in [1.54, 1.807) is 0 Å². The second-order valence-electron chi connectivity index (χ2n) is 3.74. The number of hydrogen-bond acceptors (Lipinski definition) is 1. The molecular weight excluding hydrogens is 170 g/mol. The Morgan fingerprint density at radius 2 is 2.00 bits per heavy atom. The Balaban J connectivity index is 2.73. The number of hydrogen-bond donors (Lipinski definition) is 1. The highest BCUT2D eigenvalue weighted by Crippen LogP contribution is 2.27. The summed E-state index contributed by atoms with van der Waals surface area (Å²) in [5, 5.41) is 0. The van der Waals surface area contributed by atoms with Gasteiger partial charge in [0.25, 0.3) is 0 Å².